The molecule has 80 valence electrons. The predicted molar refractivity (Wildman–Crippen MR) is 55.0 cm³/mol. The van der Waals surface area contributed by atoms with Gasteiger partial charge in [-0.2, -0.15) is 0 Å². The number of pyridine rings is 1. The van der Waals surface area contributed by atoms with Gasteiger partial charge < -0.3 is 0 Å². The second-order valence-electron chi connectivity index (χ2n) is 3.19. The summed E-state index contributed by atoms with van der Waals surface area (Å²) in [6, 6.07) is 6.83. The van der Waals surface area contributed by atoms with E-state index in [2.05, 4.69) is 4.98 Å². The van der Waals surface area contributed by atoms with Crippen molar-refractivity contribution in [2.24, 2.45) is 0 Å². The van der Waals surface area contributed by atoms with Gasteiger partial charge in [-0.3, -0.25) is 9.78 Å². The van der Waals surface area contributed by atoms with Crippen molar-refractivity contribution in [3.8, 4) is 11.1 Å². The summed E-state index contributed by atoms with van der Waals surface area (Å²) < 4.78 is 26.4. The van der Waals surface area contributed by atoms with Gasteiger partial charge in [-0.1, -0.05) is 12.1 Å². The van der Waals surface area contributed by atoms with Gasteiger partial charge in [0.05, 0.1) is 0 Å². The summed E-state index contributed by atoms with van der Waals surface area (Å²) in [5, 5.41) is 0. The molecule has 2 nitrogen and oxygen atoms in total. The lowest BCUT2D eigenvalue weighted by Gasteiger charge is -2.03. The van der Waals surface area contributed by atoms with Gasteiger partial charge in [0.25, 0.3) is 0 Å². The summed E-state index contributed by atoms with van der Waals surface area (Å²) in [7, 11) is 0. The fourth-order valence-corrected chi connectivity index (χ4v) is 1.41. The zero-order valence-electron chi connectivity index (χ0n) is 8.15. The van der Waals surface area contributed by atoms with Gasteiger partial charge in [0.1, 0.15) is 5.69 Å². The van der Waals surface area contributed by atoms with Gasteiger partial charge in [-0.05, 0) is 23.8 Å². The van der Waals surface area contributed by atoms with Gasteiger partial charge in [0, 0.05) is 11.8 Å². The first-order chi connectivity index (χ1) is 7.72. The van der Waals surface area contributed by atoms with Crippen LogP contribution in [0, 0.1) is 11.6 Å². The van der Waals surface area contributed by atoms with Crippen LogP contribution in [0.2, 0.25) is 0 Å². The first-order valence-electron chi connectivity index (χ1n) is 4.58. The average Bonchev–Trinajstić information content (AvgIpc) is 2.33. The maximum absolute atomic E-state index is 13.4. The van der Waals surface area contributed by atoms with Crippen molar-refractivity contribution in [1.29, 1.82) is 0 Å². The van der Waals surface area contributed by atoms with Crippen LogP contribution < -0.4 is 0 Å². The van der Waals surface area contributed by atoms with E-state index in [9.17, 15) is 13.6 Å². The van der Waals surface area contributed by atoms with Crippen molar-refractivity contribution in [2.45, 2.75) is 0 Å². The number of halogens is 2. The molecule has 1 heterocycles. The fourth-order valence-electron chi connectivity index (χ4n) is 1.41. The molecule has 0 atom stereocenters. The van der Waals surface area contributed by atoms with E-state index in [-0.39, 0.29) is 11.3 Å². The first-order valence-corrected chi connectivity index (χ1v) is 4.58. The maximum Gasteiger partial charge on any atom is 0.168 e. The number of aromatic nitrogens is 1. The Hall–Kier alpha value is -2.10. The quantitative estimate of drug-likeness (QED) is 0.727. The van der Waals surface area contributed by atoms with Crippen LogP contribution in [-0.4, -0.2) is 11.3 Å². The molecule has 0 aliphatic carbocycles. The molecule has 1 aromatic carbocycles. The normalized spacial score (nSPS) is 10.1. The highest BCUT2D eigenvalue weighted by atomic mass is 19.2. The summed E-state index contributed by atoms with van der Waals surface area (Å²) in [4.78, 5) is 14.3. The minimum absolute atomic E-state index is 0.116. The summed E-state index contributed by atoms with van der Waals surface area (Å²) in [5.41, 5.74) is 0.723. The van der Waals surface area contributed by atoms with Crippen LogP contribution >= 0.6 is 0 Å². The summed E-state index contributed by atoms with van der Waals surface area (Å²) in [6.07, 6.45) is 1.93. The number of hydrogen-bond donors (Lipinski definition) is 0. The fraction of sp³-hybridized carbons (Fsp3) is 0. The number of hydrogen-bond acceptors (Lipinski definition) is 2. The molecular formula is C12H7F2NO. The Labute approximate surface area is 90.6 Å². The Morgan fingerprint density at radius 1 is 1.19 bits per heavy atom. The second kappa shape index (κ2) is 4.18. The number of aldehydes is 1. The first kappa shape index (κ1) is 10.4. The van der Waals surface area contributed by atoms with Crippen LogP contribution in [0.5, 0.6) is 0 Å². The molecule has 0 aliphatic heterocycles. The molecular weight excluding hydrogens is 212 g/mol. The van der Waals surface area contributed by atoms with Crippen LogP contribution in [0.15, 0.2) is 36.5 Å². The van der Waals surface area contributed by atoms with Gasteiger partial charge in [-0.15, -0.1) is 0 Å². The van der Waals surface area contributed by atoms with Crippen molar-refractivity contribution in [3.05, 3.63) is 53.9 Å². The lowest BCUT2D eigenvalue weighted by molar-refractivity contribution is 0.111. The van der Waals surface area contributed by atoms with Gasteiger partial charge in [0.2, 0.25) is 0 Å². The van der Waals surface area contributed by atoms with Crippen molar-refractivity contribution >= 4 is 6.29 Å². The lowest BCUT2D eigenvalue weighted by atomic mass is 10.1. The second-order valence-corrected chi connectivity index (χ2v) is 3.19. The minimum atomic E-state index is -0.925. The molecule has 1 aromatic heterocycles. The zero-order chi connectivity index (χ0) is 11.5. The molecule has 2 aromatic rings. The zero-order valence-corrected chi connectivity index (χ0v) is 8.15. The highest BCUT2D eigenvalue weighted by molar-refractivity contribution is 5.76. The van der Waals surface area contributed by atoms with E-state index >= 15 is 0 Å². The number of carbonyl (C=O) groups is 1. The molecule has 0 spiro atoms. The van der Waals surface area contributed by atoms with E-state index in [4.69, 9.17) is 0 Å². The van der Waals surface area contributed by atoms with Crippen molar-refractivity contribution < 1.29 is 13.6 Å². The molecule has 0 fully saturated rings. The predicted octanol–water partition coefficient (Wildman–Crippen LogP) is 2.84. The molecule has 16 heavy (non-hydrogen) atoms. The number of rotatable bonds is 2. The van der Waals surface area contributed by atoms with Crippen LogP contribution in [0.25, 0.3) is 11.1 Å². The minimum Gasteiger partial charge on any atom is -0.296 e. The van der Waals surface area contributed by atoms with Crippen molar-refractivity contribution in [1.82, 2.24) is 4.98 Å². The topological polar surface area (TPSA) is 30.0 Å². The Balaban J connectivity index is 2.58. The van der Waals surface area contributed by atoms with Crippen molar-refractivity contribution in [2.75, 3.05) is 0 Å². The van der Waals surface area contributed by atoms with Crippen LogP contribution in [-0.2, 0) is 0 Å². The van der Waals surface area contributed by atoms with E-state index in [1.165, 1.54) is 30.5 Å². The molecule has 0 amide bonds. The van der Waals surface area contributed by atoms with Crippen LogP contribution in [0.1, 0.15) is 10.5 Å². The molecule has 0 unspecified atom stereocenters. The average molecular weight is 219 g/mol. The molecule has 2 rings (SSSR count). The van der Waals surface area contributed by atoms with Gasteiger partial charge in [-0.25, -0.2) is 8.78 Å². The molecule has 0 saturated carbocycles. The SMILES string of the molecule is O=Cc1cc(-c2cccc(F)c2F)ccn1. The largest absolute Gasteiger partial charge is 0.296 e. The lowest BCUT2D eigenvalue weighted by Crippen LogP contribution is -1.91. The maximum atomic E-state index is 13.4. The Morgan fingerprint density at radius 2 is 2.00 bits per heavy atom. The highest BCUT2D eigenvalue weighted by Crippen LogP contribution is 2.24. The summed E-state index contributed by atoms with van der Waals surface area (Å²) in [5.74, 6) is -1.84. The van der Waals surface area contributed by atoms with Gasteiger partial charge >= 0.3 is 0 Å². The van der Waals surface area contributed by atoms with Crippen LogP contribution in [0.4, 0.5) is 8.78 Å². The third kappa shape index (κ3) is 1.82. The molecule has 0 bridgehead atoms. The number of carbonyl (C=O) groups excluding carboxylic acids is 1. The van der Waals surface area contributed by atoms with E-state index in [0.29, 0.717) is 11.8 Å². The Bertz CT molecular complexity index is 540. The molecule has 0 N–H and O–H groups in total. The van der Waals surface area contributed by atoms with Gasteiger partial charge in [0.15, 0.2) is 17.9 Å². The van der Waals surface area contributed by atoms with Crippen LogP contribution in [0.3, 0.4) is 0 Å². The van der Waals surface area contributed by atoms with E-state index in [1.807, 2.05) is 0 Å². The molecule has 0 aliphatic rings. The molecule has 4 heteroatoms. The Morgan fingerprint density at radius 3 is 2.75 bits per heavy atom. The molecule has 0 radical (unpaired) electrons. The number of nitrogens with zero attached hydrogens (tertiary/aromatic N) is 1. The smallest absolute Gasteiger partial charge is 0.168 e. The third-order valence-corrected chi connectivity index (χ3v) is 2.16. The highest BCUT2D eigenvalue weighted by Gasteiger charge is 2.09. The van der Waals surface area contributed by atoms with E-state index < -0.39 is 11.6 Å². The number of benzene rings is 1. The van der Waals surface area contributed by atoms with Crippen molar-refractivity contribution in [3.63, 3.8) is 0 Å². The third-order valence-electron chi connectivity index (χ3n) is 2.16. The monoisotopic (exact) mass is 219 g/mol. The Kier molecular flexibility index (Phi) is 2.72. The summed E-state index contributed by atoms with van der Waals surface area (Å²) >= 11 is 0. The standard InChI is InChI=1S/C12H7F2NO/c13-11-3-1-2-10(12(11)14)8-4-5-15-9(6-8)7-16/h1-7H. The molecule has 0 saturated heterocycles. The van der Waals surface area contributed by atoms with E-state index in [1.54, 1.807) is 0 Å². The van der Waals surface area contributed by atoms with E-state index in [0.717, 1.165) is 6.07 Å². The summed E-state index contributed by atoms with van der Waals surface area (Å²) in [6.45, 7) is 0.